The first-order chi connectivity index (χ1) is 15.3. The molecule has 0 bridgehead atoms. The summed E-state index contributed by atoms with van der Waals surface area (Å²) in [4.78, 5) is 19.6. The highest BCUT2D eigenvalue weighted by molar-refractivity contribution is 7.88. The maximum absolute atomic E-state index is 13.9. The second-order valence-corrected chi connectivity index (χ2v) is 9.82. The average molecular weight is 486 g/mol. The molecule has 0 spiro atoms. The van der Waals surface area contributed by atoms with Crippen LogP contribution >= 0.6 is 12.4 Å². The molecule has 1 unspecified atom stereocenters. The zero-order chi connectivity index (χ0) is 22.9. The van der Waals surface area contributed by atoms with Gasteiger partial charge in [0.05, 0.1) is 36.5 Å². The standard InChI is InChI=1S/C23H23N5O3S.ClH/c1-26-16-25-13-20(26)15-27-21-9-8-18(12-24)10-19(21)14-28(32(2,30)31)22(23(27)29)11-17-6-4-3-5-7-17;/h3-10,13,16,22H,11,14-15H2,1-2H3;1H. The van der Waals surface area contributed by atoms with Crippen LogP contribution in [0.5, 0.6) is 0 Å². The molecule has 1 aliphatic rings. The molecule has 1 aromatic heterocycles. The summed E-state index contributed by atoms with van der Waals surface area (Å²) < 4.78 is 28.7. The molecule has 3 aromatic rings. The summed E-state index contributed by atoms with van der Waals surface area (Å²) in [6.45, 7) is 0.242. The van der Waals surface area contributed by atoms with Gasteiger partial charge in [0, 0.05) is 25.5 Å². The predicted molar refractivity (Wildman–Crippen MR) is 127 cm³/mol. The van der Waals surface area contributed by atoms with Crippen LogP contribution in [0.1, 0.15) is 22.4 Å². The predicted octanol–water partition coefficient (Wildman–Crippen LogP) is 2.63. The maximum atomic E-state index is 13.9. The molecular weight excluding hydrogens is 462 g/mol. The van der Waals surface area contributed by atoms with Crippen LogP contribution in [0.25, 0.3) is 0 Å². The number of anilines is 1. The van der Waals surface area contributed by atoms with Crippen LogP contribution < -0.4 is 4.90 Å². The lowest BCUT2D eigenvalue weighted by Gasteiger charge is -2.29. The molecule has 0 aliphatic carbocycles. The van der Waals surface area contributed by atoms with E-state index >= 15 is 0 Å². The van der Waals surface area contributed by atoms with Crippen molar-refractivity contribution in [2.24, 2.45) is 7.05 Å². The summed E-state index contributed by atoms with van der Waals surface area (Å²) in [5.74, 6) is -0.316. The Morgan fingerprint density at radius 2 is 1.91 bits per heavy atom. The third kappa shape index (κ3) is 5.09. The van der Waals surface area contributed by atoms with E-state index < -0.39 is 16.1 Å². The molecular formula is C23H24ClN5O3S. The number of rotatable bonds is 5. The molecule has 1 aliphatic heterocycles. The number of carbonyl (C=O) groups is 1. The molecule has 0 N–H and O–H groups in total. The summed E-state index contributed by atoms with van der Waals surface area (Å²) in [7, 11) is -1.88. The van der Waals surface area contributed by atoms with Crippen molar-refractivity contribution < 1.29 is 13.2 Å². The van der Waals surface area contributed by atoms with E-state index in [0.29, 0.717) is 16.8 Å². The van der Waals surface area contributed by atoms with Crippen molar-refractivity contribution in [3.8, 4) is 6.07 Å². The maximum Gasteiger partial charge on any atom is 0.246 e. The Kier molecular flexibility index (Phi) is 7.22. The van der Waals surface area contributed by atoms with Gasteiger partial charge in [-0.05, 0) is 35.7 Å². The molecule has 1 atom stereocenters. The molecule has 2 aromatic carbocycles. The zero-order valence-electron chi connectivity index (χ0n) is 18.2. The molecule has 172 valence electrons. The number of fused-ring (bicyclic) bond motifs is 1. The zero-order valence-corrected chi connectivity index (χ0v) is 19.9. The number of halogens is 1. The molecule has 0 fully saturated rings. The van der Waals surface area contributed by atoms with E-state index in [0.717, 1.165) is 17.5 Å². The van der Waals surface area contributed by atoms with E-state index in [1.165, 1.54) is 4.31 Å². The highest BCUT2D eigenvalue weighted by atomic mass is 35.5. The molecule has 0 saturated heterocycles. The van der Waals surface area contributed by atoms with E-state index in [4.69, 9.17) is 0 Å². The van der Waals surface area contributed by atoms with Gasteiger partial charge in [0.2, 0.25) is 15.9 Å². The lowest BCUT2D eigenvalue weighted by molar-refractivity contribution is -0.122. The number of carbonyl (C=O) groups excluding carboxylic acids is 1. The number of sulfonamides is 1. The third-order valence-corrected chi connectivity index (χ3v) is 6.89. The molecule has 2 heterocycles. The highest BCUT2D eigenvalue weighted by Crippen LogP contribution is 2.32. The number of aromatic nitrogens is 2. The van der Waals surface area contributed by atoms with E-state index in [1.54, 1.807) is 35.6 Å². The van der Waals surface area contributed by atoms with E-state index in [2.05, 4.69) is 11.1 Å². The van der Waals surface area contributed by atoms with Crippen molar-refractivity contribution in [2.75, 3.05) is 11.2 Å². The fraction of sp³-hybridized carbons (Fsp3) is 0.261. The fourth-order valence-corrected chi connectivity index (χ4v) is 4.98. The molecule has 33 heavy (non-hydrogen) atoms. The minimum Gasteiger partial charge on any atom is -0.336 e. The Morgan fingerprint density at radius 3 is 2.52 bits per heavy atom. The highest BCUT2D eigenvalue weighted by Gasteiger charge is 2.40. The Balaban J connectivity index is 0.00000306. The van der Waals surface area contributed by atoms with Crippen molar-refractivity contribution in [3.05, 3.63) is 83.4 Å². The monoisotopic (exact) mass is 485 g/mol. The smallest absolute Gasteiger partial charge is 0.246 e. The van der Waals surface area contributed by atoms with Gasteiger partial charge in [0.25, 0.3) is 0 Å². The minimum absolute atomic E-state index is 0. The van der Waals surface area contributed by atoms with Gasteiger partial charge in [-0.1, -0.05) is 30.3 Å². The number of hydrogen-bond acceptors (Lipinski definition) is 5. The fourth-order valence-electron chi connectivity index (χ4n) is 3.98. The largest absolute Gasteiger partial charge is 0.336 e. The molecule has 0 radical (unpaired) electrons. The first-order valence-electron chi connectivity index (χ1n) is 10.1. The van der Waals surface area contributed by atoms with Gasteiger partial charge in [0.1, 0.15) is 6.04 Å². The van der Waals surface area contributed by atoms with Crippen molar-refractivity contribution in [2.45, 2.75) is 25.6 Å². The van der Waals surface area contributed by atoms with Gasteiger partial charge in [-0.15, -0.1) is 12.4 Å². The van der Waals surface area contributed by atoms with Crippen molar-refractivity contribution >= 4 is 34.0 Å². The Bertz CT molecular complexity index is 1300. The molecule has 0 saturated carbocycles. The van der Waals surface area contributed by atoms with E-state index in [9.17, 15) is 18.5 Å². The van der Waals surface area contributed by atoms with Gasteiger partial charge in [-0.25, -0.2) is 13.4 Å². The number of aryl methyl sites for hydroxylation is 1. The molecule has 8 nitrogen and oxygen atoms in total. The van der Waals surface area contributed by atoms with Gasteiger partial charge < -0.3 is 9.47 Å². The van der Waals surface area contributed by atoms with Crippen LogP contribution in [-0.4, -0.2) is 40.5 Å². The van der Waals surface area contributed by atoms with Gasteiger partial charge in [-0.3, -0.25) is 4.79 Å². The van der Waals surface area contributed by atoms with Crippen molar-refractivity contribution in [1.82, 2.24) is 13.9 Å². The lowest BCUT2D eigenvalue weighted by Crippen LogP contribution is -2.49. The Hall–Kier alpha value is -3.19. The lowest BCUT2D eigenvalue weighted by atomic mass is 10.0. The van der Waals surface area contributed by atoms with Crippen LogP contribution in [0.15, 0.2) is 61.1 Å². The first kappa shape index (κ1) is 24.5. The van der Waals surface area contributed by atoms with Crippen molar-refractivity contribution in [1.29, 1.82) is 5.26 Å². The normalized spacial score (nSPS) is 16.5. The van der Waals surface area contributed by atoms with E-state index in [-0.39, 0.29) is 37.8 Å². The van der Waals surface area contributed by atoms with Crippen LogP contribution in [0.3, 0.4) is 0 Å². The van der Waals surface area contributed by atoms with Gasteiger partial charge >= 0.3 is 0 Å². The number of nitriles is 1. The van der Waals surface area contributed by atoms with Gasteiger partial charge in [0.15, 0.2) is 0 Å². The van der Waals surface area contributed by atoms with E-state index in [1.807, 2.05) is 41.9 Å². The van der Waals surface area contributed by atoms with Crippen LogP contribution in [-0.2, 0) is 41.4 Å². The quantitative estimate of drug-likeness (QED) is 0.553. The molecule has 10 heteroatoms. The summed E-state index contributed by atoms with van der Waals surface area (Å²) in [6, 6.07) is 15.6. The third-order valence-electron chi connectivity index (χ3n) is 5.66. The van der Waals surface area contributed by atoms with Crippen LogP contribution in [0.4, 0.5) is 5.69 Å². The van der Waals surface area contributed by atoms with Crippen LogP contribution in [0, 0.1) is 11.3 Å². The van der Waals surface area contributed by atoms with Crippen molar-refractivity contribution in [3.63, 3.8) is 0 Å². The summed E-state index contributed by atoms with van der Waals surface area (Å²) in [5.41, 5.74) is 3.29. The second-order valence-electron chi connectivity index (χ2n) is 7.89. The van der Waals surface area contributed by atoms with Gasteiger partial charge in [-0.2, -0.15) is 9.57 Å². The summed E-state index contributed by atoms with van der Waals surface area (Å²) in [6.07, 6.45) is 4.69. The topological polar surface area (TPSA) is 99.3 Å². The second kappa shape index (κ2) is 9.75. The molecule has 1 amide bonds. The average Bonchev–Trinajstić information content (AvgIpc) is 3.13. The first-order valence-corrected chi connectivity index (χ1v) is 11.9. The minimum atomic E-state index is -3.72. The van der Waals surface area contributed by atoms with Crippen LogP contribution in [0.2, 0.25) is 0 Å². The summed E-state index contributed by atoms with van der Waals surface area (Å²) >= 11 is 0. The number of benzene rings is 2. The Morgan fingerprint density at radius 1 is 1.18 bits per heavy atom. The SMILES string of the molecule is Cl.Cn1cncc1CN1C(=O)C(Cc2ccccc2)N(S(C)(=O)=O)Cc2cc(C#N)ccc21. The number of amides is 1. The Labute approximate surface area is 199 Å². The number of hydrogen-bond donors (Lipinski definition) is 0. The molecule has 4 rings (SSSR count). The number of nitrogens with zero attached hydrogens (tertiary/aromatic N) is 5. The summed E-state index contributed by atoms with van der Waals surface area (Å²) in [5, 5.41) is 9.37. The number of imidazole rings is 1.